The van der Waals surface area contributed by atoms with E-state index >= 15 is 0 Å². The highest BCUT2D eigenvalue weighted by molar-refractivity contribution is 7.89. The standard InChI is InChI=1S/C30H32N4O5S/c1-22-18-25(23(2)34(22)26-10-12-27(38-3)13-11-26)19-31-32-30(35)21-33(20-24-8-6-5-7-9-24)40(36,37)29-16-14-28(39-4)15-17-29/h5-19H,20-21H2,1-4H3,(H,32,35)/b31-19+. The van der Waals surface area contributed by atoms with Crippen molar-refractivity contribution in [1.82, 2.24) is 14.3 Å². The van der Waals surface area contributed by atoms with Crippen LogP contribution in [0, 0.1) is 13.8 Å². The van der Waals surface area contributed by atoms with Gasteiger partial charge in [0.05, 0.1) is 31.9 Å². The van der Waals surface area contributed by atoms with Crippen molar-refractivity contribution in [3.63, 3.8) is 0 Å². The monoisotopic (exact) mass is 560 g/mol. The van der Waals surface area contributed by atoms with E-state index in [0.717, 1.165) is 38.3 Å². The van der Waals surface area contributed by atoms with Crippen molar-refractivity contribution in [1.29, 1.82) is 0 Å². The molecule has 1 heterocycles. The maximum absolute atomic E-state index is 13.5. The summed E-state index contributed by atoms with van der Waals surface area (Å²) >= 11 is 0. The molecule has 4 aromatic rings. The molecule has 0 aliphatic rings. The summed E-state index contributed by atoms with van der Waals surface area (Å²) in [6.07, 6.45) is 1.56. The third-order valence-electron chi connectivity index (χ3n) is 6.41. The predicted octanol–water partition coefficient (Wildman–Crippen LogP) is 4.45. The number of hydrazone groups is 1. The Hall–Kier alpha value is -4.41. The van der Waals surface area contributed by atoms with Gasteiger partial charge in [-0.15, -0.1) is 0 Å². The molecule has 3 aromatic carbocycles. The number of hydrogen-bond donors (Lipinski definition) is 1. The molecule has 208 valence electrons. The molecule has 4 rings (SSSR count). The van der Waals surface area contributed by atoms with Crippen LogP contribution < -0.4 is 14.9 Å². The highest BCUT2D eigenvalue weighted by Crippen LogP contribution is 2.23. The zero-order valence-electron chi connectivity index (χ0n) is 22.9. The zero-order valence-corrected chi connectivity index (χ0v) is 23.7. The number of rotatable bonds is 11. The third-order valence-corrected chi connectivity index (χ3v) is 8.22. The SMILES string of the molecule is COc1ccc(-n2c(C)cc(/C=N/NC(=O)CN(Cc3ccccc3)S(=O)(=O)c3ccc(OC)cc3)c2C)cc1. The van der Waals surface area contributed by atoms with E-state index < -0.39 is 22.5 Å². The van der Waals surface area contributed by atoms with E-state index in [9.17, 15) is 13.2 Å². The fourth-order valence-corrected chi connectivity index (χ4v) is 5.71. The first-order chi connectivity index (χ1) is 19.2. The molecular weight excluding hydrogens is 528 g/mol. The van der Waals surface area contributed by atoms with Gasteiger partial charge >= 0.3 is 0 Å². The number of methoxy groups -OCH3 is 2. The van der Waals surface area contributed by atoms with Crippen LogP contribution in [0.15, 0.2) is 94.9 Å². The molecule has 0 fully saturated rings. The molecular formula is C30H32N4O5S. The van der Waals surface area contributed by atoms with Gasteiger partial charge in [0.25, 0.3) is 5.91 Å². The van der Waals surface area contributed by atoms with Crippen molar-refractivity contribution in [2.75, 3.05) is 20.8 Å². The van der Waals surface area contributed by atoms with Crippen LogP contribution in [-0.2, 0) is 21.4 Å². The smallest absolute Gasteiger partial charge is 0.255 e. The minimum Gasteiger partial charge on any atom is -0.497 e. The number of hydrogen-bond acceptors (Lipinski definition) is 6. The van der Waals surface area contributed by atoms with Crippen LogP contribution in [0.4, 0.5) is 0 Å². The van der Waals surface area contributed by atoms with E-state index in [1.807, 2.05) is 74.5 Å². The van der Waals surface area contributed by atoms with Crippen LogP contribution >= 0.6 is 0 Å². The van der Waals surface area contributed by atoms with Gasteiger partial charge in [0.1, 0.15) is 11.5 Å². The van der Waals surface area contributed by atoms with Crippen molar-refractivity contribution >= 4 is 22.1 Å². The van der Waals surface area contributed by atoms with Crippen LogP contribution in [0.3, 0.4) is 0 Å². The van der Waals surface area contributed by atoms with E-state index in [2.05, 4.69) is 15.1 Å². The molecule has 0 saturated carbocycles. The van der Waals surface area contributed by atoms with Crippen LogP contribution in [0.1, 0.15) is 22.5 Å². The Morgan fingerprint density at radius 3 is 2.12 bits per heavy atom. The van der Waals surface area contributed by atoms with Gasteiger partial charge in [-0.25, -0.2) is 13.8 Å². The average Bonchev–Trinajstić information content (AvgIpc) is 3.25. The van der Waals surface area contributed by atoms with Crippen molar-refractivity contribution in [3.8, 4) is 17.2 Å². The molecule has 0 bridgehead atoms. The summed E-state index contributed by atoms with van der Waals surface area (Å²) < 4.78 is 40.6. The molecule has 40 heavy (non-hydrogen) atoms. The summed E-state index contributed by atoms with van der Waals surface area (Å²) in [5.41, 5.74) is 6.96. The lowest BCUT2D eigenvalue weighted by Gasteiger charge is -2.21. The number of aryl methyl sites for hydroxylation is 1. The van der Waals surface area contributed by atoms with Crippen LogP contribution in [0.25, 0.3) is 5.69 Å². The van der Waals surface area contributed by atoms with Crippen LogP contribution in [0.5, 0.6) is 11.5 Å². The topological polar surface area (TPSA) is 102 Å². The first-order valence-corrected chi connectivity index (χ1v) is 14.0. The van der Waals surface area contributed by atoms with Gasteiger partial charge in [0.2, 0.25) is 10.0 Å². The molecule has 0 aliphatic heterocycles. The van der Waals surface area contributed by atoms with Gasteiger partial charge < -0.3 is 14.0 Å². The Balaban J connectivity index is 1.50. The van der Waals surface area contributed by atoms with Gasteiger partial charge in [-0.05, 0) is 74.0 Å². The largest absolute Gasteiger partial charge is 0.497 e. The summed E-state index contributed by atoms with van der Waals surface area (Å²) in [6.45, 7) is 3.56. The Labute approximate surface area is 234 Å². The number of carbonyl (C=O) groups is 1. The van der Waals surface area contributed by atoms with Crippen molar-refractivity contribution < 1.29 is 22.7 Å². The molecule has 0 unspecified atom stereocenters. The minimum absolute atomic E-state index is 0.0232. The second kappa shape index (κ2) is 12.6. The summed E-state index contributed by atoms with van der Waals surface area (Å²) in [6, 6.07) is 24.8. The Morgan fingerprint density at radius 2 is 1.52 bits per heavy atom. The second-order valence-electron chi connectivity index (χ2n) is 9.09. The number of nitrogens with zero attached hydrogens (tertiary/aromatic N) is 3. The number of amides is 1. The van der Waals surface area contributed by atoms with E-state index in [1.54, 1.807) is 25.5 Å². The first kappa shape index (κ1) is 28.6. The maximum atomic E-state index is 13.5. The molecule has 10 heteroatoms. The summed E-state index contributed by atoms with van der Waals surface area (Å²) in [7, 11) is -0.857. The number of ether oxygens (including phenoxy) is 2. The maximum Gasteiger partial charge on any atom is 0.255 e. The van der Waals surface area contributed by atoms with Gasteiger partial charge in [-0.3, -0.25) is 4.79 Å². The van der Waals surface area contributed by atoms with Gasteiger partial charge in [-0.2, -0.15) is 9.41 Å². The molecule has 1 aromatic heterocycles. The average molecular weight is 561 g/mol. The lowest BCUT2D eigenvalue weighted by atomic mass is 10.2. The van der Waals surface area contributed by atoms with E-state index in [-0.39, 0.29) is 11.4 Å². The fourth-order valence-electron chi connectivity index (χ4n) is 4.33. The lowest BCUT2D eigenvalue weighted by molar-refractivity contribution is -0.121. The quantitative estimate of drug-likeness (QED) is 0.216. The van der Waals surface area contributed by atoms with Gasteiger partial charge in [0.15, 0.2) is 0 Å². The Bertz CT molecular complexity index is 1580. The Kier molecular flexibility index (Phi) is 9.03. The minimum atomic E-state index is -3.99. The van der Waals surface area contributed by atoms with Crippen LogP contribution in [0.2, 0.25) is 0 Å². The molecule has 0 radical (unpaired) electrons. The summed E-state index contributed by atoms with van der Waals surface area (Å²) in [4.78, 5) is 12.9. The molecule has 1 amide bonds. The van der Waals surface area contributed by atoms with Crippen LogP contribution in [-0.4, -0.2) is 50.2 Å². The van der Waals surface area contributed by atoms with Crippen molar-refractivity contribution in [2.45, 2.75) is 25.3 Å². The van der Waals surface area contributed by atoms with Crippen molar-refractivity contribution in [2.24, 2.45) is 5.10 Å². The molecule has 9 nitrogen and oxygen atoms in total. The number of carbonyl (C=O) groups excluding carboxylic acids is 1. The Morgan fingerprint density at radius 1 is 0.925 bits per heavy atom. The number of nitrogens with one attached hydrogen (secondary N) is 1. The fraction of sp³-hybridized carbons (Fsp3) is 0.200. The highest BCUT2D eigenvalue weighted by atomic mass is 32.2. The van der Waals surface area contributed by atoms with E-state index in [1.165, 1.54) is 19.2 Å². The summed E-state index contributed by atoms with van der Waals surface area (Å²) in [5.74, 6) is 0.742. The highest BCUT2D eigenvalue weighted by Gasteiger charge is 2.27. The number of sulfonamides is 1. The molecule has 0 aliphatic carbocycles. The van der Waals surface area contributed by atoms with E-state index in [4.69, 9.17) is 9.47 Å². The van der Waals surface area contributed by atoms with Crippen molar-refractivity contribution in [3.05, 3.63) is 107 Å². The zero-order chi connectivity index (χ0) is 28.7. The number of benzene rings is 3. The summed E-state index contributed by atoms with van der Waals surface area (Å²) in [5, 5.41) is 4.12. The normalized spacial score (nSPS) is 11.6. The predicted molar refractivity (Wildman–Crippen MR) is 155 cm³/mol. The molecule has 0 spiro atoms. The lowest BCUT2D eigenvalue weighted by Crippen LogP contribution is -2.39. The number of aromatic nitrogens is 1. The van der Waals surface area contributed by atoms with Gasteiger partial charge in [0, 0.05) is 29.2 Å². The molecule has 0 saturated heterocycles. The van der Waals surface area contributed by atoms with E-state index in [0.29, 0.717) is 5.75 Å². The first-order valence-electron chi connectivity index (χ1n) is 12.6. The van der Waals surface area contributed by atoms with Gasteiger partial charge in [-0.1, -0.05) is 30.3 Å². The molecule has 1 N–H and O–H groups in total. The molecule has 0 atom stereocenters. The second-order valence-corrected chi connectivity index (χ2v) is 11.0. The third kappa shape index (κ3) is 6.59.